The van der Waals surface area contributed by atoms with Crippen molar-refractivity contribution < 1.29 is 4.79 Å². The van der Waals surface area contributed by atoms with E-state index in [-0.39, 0.29) is 5.91 Å². The largest absolute Gasteiger partial charge is 0.383 e. The Kier molecular flexibility index (Phi) is 5.44. The van der Waals surface area contributed by atoms with E-state index in [1.165, 1.54) is 11.8 Å². The maximum absolute atomic E-state index is 13.4. The number of rotatable bonds is 4. The molecule has 0 saturated carbocycles. The van der Waals surface area contributed by atoms with Crippen molar-refractivity contribution in [3.05, 3.63) is 82.2 Å². The predicted octanol–water partition coefficient (Wildman–Crippen LogP) is 3.78. The number of nitrogens with one attached hydrogen (secondary N) is 1. The summed E-state index contributed by atoms with van der Waals surface area (Å²) in [7, 11) is 3.94. The van der Waals surface area contributed by atoms with E-state index in [0.29, 0.717) is 32.9 Å². The standard InChI is InChI=1S/C23H22N6OS/c1-14-19(22(30)27-16-7-5-4-6-8-16)20(15-9-11-17(12-10-15)28(2)3)29-21(25)18(13-24)31-23(29)26-14/h4-12,20H,25H2,1-3H3,(H,27,30)/t20-/m0/s1. The highest BCUT2D eigenvalue weighted by Crippen LogP contribution is 2.45. The van der Waals surface area contributed by atoms with Crippen LogP contribution in [0.25, 0.3) is 0 Å². The smallest absolute Gasteiger partial charge is 0.255 e. The molecule has 156 valence electrons. The molecule has 4 rings (SSSR count). The minimum absolute atomic E-state index is 0.253. The third-order valence-electron chi connectivity index (χ3n) is 5.18. The van der Waals surface area contributed by atoms with Gasteiger partial charge < -0.3 is 16.0 Å². The molecular formula is C23H22N6OS. The third-order valence-corrected chi connectivity index (χ3v) is 6.15. The normalized spacial score (nSPS) is 17.8. The topological polar surface area (TPSA) is 97.8 Å². The SMILES string of the molecule is CC1=C(C(=O)Nc2ccccc2)[C@H](c2ccc(N(C)C)cc2)N2C(=N1)SC(C#N)=C2N. The summed E-state index contributed by atoms with van der Waals surface area (Å²) in [6.07, 6.45) is 0. The van der Waals surface area contributed by atoms with E-state index >= 15 is 0 Å². The van der Waals surface area contributed by atoms with Crippen LogP contribution in [0.2, 0.25) is 0 Å². The van der Waals surface area contributed by atoms with Gasteiger partial charge >= 0.3 is 0 Å². The number of para-hydroxylation sites is 1. The Morgan fingerprint density at radius 2 is 1.87 bits per heavy atom. The molecule has 0 aliphatic carbocycles. The van der Waals surface area contributed by atoms with Crippen LogP contribution in [0, 0.1) is 11.3 Å². The molecule has 1 atom stereocenters. The van der Waals surface area contributed by atoms with Crippen LogP contribution in [0.3, 0.4) is 0 Å². The molecule has 2 aromatic carbocycles. The lowest BCUT2D eigenvalue weighted by molar-refractivity contribution is -0.113. The number of allylic oxidation sites excluding steroid dienone is 2. The zero-order chi connectivity index (χ0) is 22.1. The van der Waals surface area contributed by atoms with Crippen molar-refractivity contribution in [1.82, 2.24) is 4.90 Å². The number of aliphatic imine (C=N–C) groups is 1. The van der Waals surface area contributed by atoms with Gasteiger partial charge in [-0.3, -0.25) is 9.69 Å². The quantitative estimate of drug-likeness (QED) is 0.766. The molecule has 2 heterocycles. The lowest BCUT2D eigenvalue weighted by Gasteiger charge is -2.35. The van der Waals surface area contributed by atoms with E-state index < -0.39 is 6.04 Å². The highest BCUT2D eigenvalue weighted by molar-refractivity contribution is 8.17. The molecule has 0 aromatic heterocycles. The minimum atomic E-state index is -0.495. The molecule has 2 aliphatic heterocycles. The average molecular weight is 431 g/mol. The van der Waals surface area contributed by atoms with Gasteiger partial charge in [0.05, 0.1) is 17.3 Å². The lowest BCUT2D eigenvalue weighted by atomic mass is 9.93. The third kappa shape index (κ3) is 3.76. The Morgan fingerprint density at radius 3 is 2.48 bits per heavy atom. The zero-order valence-corrected chi connectivity index (χ0v) is 18.3. The first-order valence-corrected chi connectivity index (χ1v) is 10.5. The monoisotopic (exact) mass is 430 g/mol. The van der Waals surface area contributed by atoms with Gasteiger partial charge in [0.25, 0.3) is 5.91 Å². The van der Waals surface area contributed by atoms with E-state index in [9.17, 15) is 10.1 Å². The van der Waals surface area contributed by atoms with Crippen molar-refractivity contribution in [3.63, 3.8) is 0 Å². The van der Waals surface area contributed by atoms with Crippen molar-refractivity contribution in [3.8, 4) is 6.07 Å². The number of thioether (sulfide) groups is 1. The van der Waals surface area contributed by atoms with Gasteiger partial charge in [-0.05, 0) is 48.5 Å². The molecule has 0 bridgehead atoms. The van der Waals surface area contributed by atoms with E-state index in [2.05, 4.69) is 16.4 Å². The van der Waals surface area contributed by atoms with Crippen molar-refractivity contribution in [2.75, 3.05) is 24.3 Å². The van der Waals surface area contributed by atoms with Crippen LogP contribution >= 0.6 is 11.8 Å². The summed E-state index contributed by atoms with van der Waals surface area (Å²) in [5.74, 6) is 0.0573. The number of hydrogen-bond acceptors (Lipinski definition) is 7. The van der Waals surface area contributed by atoms with Crippen molar-refractivity contribution >= 4 is 34.2 Å². The Hall–Kier alpha value is -3.70. The number of nitrogens with zero attached hydrogens (tertiary/aromatic N) is 4. The number of carbonyl (C=O) groups is 1. The summed E-state index contributed by atoms with van der Waals surface area (Å²) in [5, 5.41) is 13.0. The molecule has 7 nitrogen and oxygen atoms in total. The second kappa shape index (κ2) is 8.20. The molecule has 1 amide bonds. The van der Waals surface area contributed by atoms with Crippen molar-refractivity contribution in [1.29, 1.82) is 5.26 Å². The highest BCUT2D eigenvalue weighted by atomic mass is 32.2. The number of nitrogens with two attached hydrogens (primary N) is 1. The minimum Gasteiger partial charge on any atom is -0.383 e. The molecule has 0 fully saturated rings. The maximum atomic E-state index is 13.4. The first-order valence-electron chi connectivity index (χ1n) is 9.70. The summed E-state index contributed by atoms with van der Waals surface area (Å²) in [6.45, 7) is 1.81. The summed E-state index contributed by atoms with van der Waals surface area (Å²) < 4.78 is 0. The number of amides is 1. The summed E-state index contributed by atoms with van der Waals surface area (Å²) in [5.41, 5.74) is 10.0. The molecular weight excluding hydrogens is 408 g/mol. The Bertz CT molecular complexity index is 1160. The number of hydrogen-bond donors (Lipinski definition) is 2. The molecule has 3 N–H and O–H groups in total. The molecule has 2 aliphatic rings. The Labute approximate surface area is 185 Å². The molecule has 0 saturated heterocycles. The van der Waals surface area contributed by atoms with Crippen LogP contribution in [-0.4, -0.2) is 30.1 Å². The van der Waals surface area contributed by atoms with Crippen molar-refractivity contribution in [2.24, 2.45) is 10.7 Å². The maximum Gasteiger partial charge on any atom is 0.255 e. The molecule has 0 spiro atoms. The van der Waals surface area contributed by atoms with Crippen LogP contribution in [0.5, 0.6) is 0 Å². The van der Waals surface area contributed by atoms with Crippen LogP contribution in [0.15, 0.2) is 81.6 Å². The number of amidine groups is 1. The number of benzene rings is 2. The lowest BCUT2D eigenvalue weighted by Crippen LogP contribution is -2.39. The van der Waals surface area contributed by atoms with E-state index in [1.807, 2.05) is 80.5 Å². The van der Waals surface area contributed by atoms with Crippen molar-refractivity contribution in [2.45, 2.75) is 13.0 Å². The second-order valence-electron chi connectivity index (χ2n) is 7.40. The number of fused-ring (bicyclic) bond motifs is 1. The molecule has 8 heteroatoms. The summed E-state index contributed by atoms with van der Waals surface area (Å²) in [6, 6.07) is 18.9. The van der Waals surface area contributed by atoms with Gasteiger partial charge in [0.1, 0.15) is 16.8 Å². The molecule has 2 aromatic rings. The fourth-order valence-electron chi connectivity index (χ4n) is 3.62. The first-order chi connectivity index (χ1) is 14.9. The molecule has 0 radical (unpaired) electrons. The summed E-state index contributed by atoms with van der Waals surface area (Å²) in [4.78, 5) is 22.2. The fourth-order valence-corrected chi connectivity index (χ4v) is 4.54. The van der Waals surface area contributed by atoms with Gasteiger partial charge in [0.2, 0.25) is 0 Å². The van der Waals surface area contributed by atoms with Gasteiger partial charge in [-0.25, -0.2) is 4.99 Å². The molecule has 0 unspecified atom stereocenters. The summed E-state index contributed by atoms with van der Waals surface area (Å²) >= 11 is 1.23. The van der Waals surface area contributed by atoms with Crippen LogP contribution in [0.1, 0.15) is 18.5 Å². The Balaban J connectivity index is 1.81. The van der Waals surface area contributed by atoms with Gasteiger partial charge in [-0.1, -0.05) is 30.3 Å². The van der Waals surface area contributed by atoms with E-state index in [1.54, 1.807) is 4.90 Å². The number of anilines is 2. The second-order valence-corrected chi connectivity index (χ2v) is 8.38. The van der Waals surface area contributed by atoms with E-state index in [4.69, 9.17) is 5.73 Å². The van der Waals surface area contributed by atoms with Gasteiger partial charge in [0.15, 0.2) is 5.17 Å². The Morgan fingerprint density at radius 1 is 1.19 bits per heavy atom. The van der Waals surface area contributed by atoms with E-state index in [0.717, 1.165) is 11.3 Å². The van der Waals surface area contributed by atoms with Crippen LogP contribution in [0.4, 0.5) is 11.4 Å². The fraction of sp³-hybridized carbons (Fsp3) is 0.174. The number of nitriles is 1. The number of carbonyl (C=O) groups excluding carboxylic acids is 1. The van der Waals surface area contributed by atoms with Gasteiger partial charge in [-0.15, -0.1) is 0 Å². The van der Waals surface area contributed by atoms with Crippen LogP contribution < -0.4 is 16.0 Å². The van der Waals surface area contributed by atoms with Gasteiger partial charge in [0, 0.05) is 25.5 Å². The highest BCUT2D eigenvalue weighted by Gasteiger charge is 2.42. The van der Waals surface area contributed by atoms with Crippen LogP contribution in [-0.2, 0) is 4.79 Å². The first kappa shape index (κ1) is 20.6. The van der Waals surface area contributed by atoms with Gasteiger partial charge in [-0.2, -0.15) is 5.26 Å². The zero-order valence-electron chi connectivity index (χ0n) is 17.5. The predicted molar refractivity (Wildman–Crippen MR) is 125 cm³/mol. The molecule has 31 heavy (non-hydrogen) atoms. The average Bonchev–Trinajstić information content (AvgIpc) is 3.08.